The van der Waals surface area contributed by atoms with Crippen molar-refractivity contribution in [3.63, 3.8) is 0 Å². The minimum Gasteiger partial charge on any atom is -0.396 e. The molecular weight excluding hydrogens is 170 g/mol. The Morgan fingerprint density at radius 1 is 1.08 bits per heavy atom. The highest BCUT2D eigenvalue weighted by molar-refractivity contribution is 4.57. The van der Waals surface area contributed by atoms with E-state index in [-0.39, 0.29) is 19.3 Å². The molecule has 0 aromatic heterocycles. The molecular formula is C9H21NO3. The highest BCUT2D eigenvalue weighted by Gasteiger charge is 2.09. The number of hydroxylamine groups is 2. The fourth-order valence-corrected chi connectivity index (χ4v) is 1.19. The molecule has 0 amide bonds. The first-order valence-corrected chi connectivity index (χ1v) is 4.76. The van der Waals surface area contributed by atoms with Crippen LogP contribution in [0.25, 0.3) is 0 Å². The average Bonchev–Trinajstić information content (AvgIpc) is 2.09. The monoisotopic (exact) mass is 191 g/mol. The van der Waals surface area contributed by atoms with E-state index >= 15 is 0 Å². The van der Waals surface area contributed by atoms with Crippen molar-refractivity contribution in [3.8, 4) is 0 Å². The standard InChI is InChI=1S/C9H21NO3/c1-10(2)13-9(5-3-7-11)6-4-8-12/h9,11-12H,3-8H2,1-2H3. The Kier molecular flexibility index (Phi) is 8.33. The largest absolute Gasteiger partial charge is 0.396 e. The van der Waals surface area contributed by atoms with Gasteiger partial charge in [0.1, 0.15) is 0 Å². The lowest BCUT2D eigenvalue weighted by Gasteiger charge is -2.20. The number of hydrogen-bond acceptors (Lipinski definition) is 4. The summed E-state index contributed by atoms with van der Waals surface area (Å²) in [6.07, 6.45) is 3.31. The zero-order valence-corrected chi connectivity index (χ0v) is 8.57. The smallest absolute Gasteiger partial charge is 0.0794 e. The van der Waals surface area contributed by atoms with E-state index < -0.39 is 0 Å². The van der Waals surface area contributed by atoms with Gasteiger partial charge in [-0.3, -0.25) is 4.84 Å². The van der Waals surface area contributed by atoms with Crippen LogP contribution in [-0.2, 0) is 4.84 Å². The van der Waals surface area contributed by atoms with Crippen molar-refractivity contribution in [2.24, 2.45) is 0 Å². The maximum Gasteiger partial charge on any atom is 0.0794 e. The molecule has 0 unspecified atom stereocenters. The van der Waals surface area contributed by atoms with Gasteiger partial charge in [0.2, 0.25) is 0 Å². The summed E-state index contributed by atoms with van der Waals surface area (Å²) in [7, 11) is 3.68. The fraction of sp³-hybridized carbons (Fsp3) is 1.00. The molecule has 0 fully saturated rings. The maximum absolute atomic E-state index is 8.66. The van der Waals surface area contributed by atoms with Crippen LogP contribution in [0.1, 0.15) is 25.7 Å². The van der Waals surface area contributed by atoms with Gasteiger partial charge in [-0.1, -0.05) is 0 Å². The Morgan fingerprint density at radius 2 is 1.54 bits per heavy atom. The molecule has 13 heavy (non-hydrogen) atoms. The Labute approximate surface area is 80.1 Å². The second-order valence-electron chi connectivity index (χ2n) is 3.27. The van der Waals surface area contributed by atoms with E-state index in [0.717, 1.165) is 25.7 Å². The Balaban J connectivity index is 3.60. The minimum absolute atomic E-state index is 0.120. The lowest BCUT2D eigenvalue weighted by molar-refractivity contribution is -0.170. The van der Waals surface area contributed by atoms with Gasteiger partial charge in [-0.05, 0) is 25.7 Å². The SMILES string of the molecule is CN(C)OC(CCCO)CCCO. The number of aliphatic hydroxyl groups is 2. The third-order valence-electron chi connectivity index (χ3n) is 1.73. The van der Waals surface area contributed by atoms with Gasteiger partial charge >= 0.3 is 0 Å². The van der Waals surface area contributed by atoms with Crippen LogP contribution in [0, 0.1) is 0 Å². The zero-order valence-electron chi connectivity index (χ0n) is 8.57. The van der Waals surface area contributed by atoms with Gasteiger partial charge in [0.15, 0.2) is 0 Å². The molecule has 0 bridgehead atoms. The first-order chi connectivity index (χ1) is 6.20. The summed E-state index contributed by atoms with van der Waals surface area (Å²) in [5, 5.41) is 19.0. The van der Waals surface area contributed by atoms with E-state index in [4.69, 9.17) is 15.1 Å². The van der Waals surface area contributed by atoms with E-state index in [9.17, 15) is 0 Å². The van der Waals surface area contributed by atoms with Crippen molar-refractivity contribution >= 4 is 0 Å². The van der Waals surface area contributed by atoms with E-state index in [1.54, 1.807) is 5.06 Å². The van der Waals surface area contributed by atoms with E-state index in [2.05, 4.69) is 0 Å². The molecule has 0 rings (SSSR count). The van der Waals surface area contributed by atoms with Crippen LogP contribution in [0.2, 0.25) is 0 Å². The van der Waals surface area contributed by atoms with Crippen molar-refractivity contribution in [2.45, 2.75) is 31.8 Å². The summed E-state index contributed by atoms with van der Waals surface area (Å²) in [5.41, 5.74) is 0. The van der Waals surface area contributed by atoms with Crippen LogP contribution in [0.5, 0.6) is 0 Å². The van der Waals surface area contributed by atoms with Crippen LogP contribution in [0.4, 0.5) is 0 Å². The highest BCUT2D eigenvalue weighted by Crippen LogP contribution is 2.09. The molecule has 0 aliphatic rings. The summed E-state index contributed by atoms with van der Waals surface area (Å²) >= 11 is 0. The number of rotatable bonds is 8. The maximum atomic E-state index is 8.66. The summed E-state index contributed by atoms with van der Waals surface area (Å²) in [6.45, 7) is 0.402. The van der Waals surface area contributed by atoms with Crippen LogP contribution in [0.15, 0.2) is 0 Å². The van der Waals surface area contributed by atoms with Gasteiger partial charge in [0, 0.05) is 27.3 Å². The van der Waals surface area contributed by atoms with Crippen molar-refractivity contribution in [1.82, 2.24) is 5.06 Å². The molecule has 4 nitrogen and oxygen atoms in total. The predicted molar refractivity (Wildman–Crippen MR) is 51.2 cm³/mol. The van der Waals surface area contributed by atoms with Gasteiger partial charge in [-0.2, -0.15) is 5.06 Å². The normalized spacial score (nSPS) is 11.5. The number of hydrogen-bond donors (Lipinski definition) is 2. The fourth-order valence-electron chi connectivity index (χ4n) is 1.19. The molecule has 0 saturated carbocycles. The second-order valence-corrected chi connectivity index (χ2v) is 3.27. The molecule has 0 aromatic rings. The van der Waals surface area contributed by atoms with E-state index in [1.165, 1.54) is 0 Å². The molecule has 0 heterocycles. The Hall–Kier alpha value is -0.160. The minimum atomic E-state index is 0.120. The highest BCUT2D eigenvalue weighted by atomic mass is 16.7. The summed E-state index contributed by atoms with van der Waals surface area (Å²) < 4.78 is 0. The molecule has 0 saturated heterocycles. The molecule has 0 aliphatic heterocycles. The average molecular weight is 191 g/mol. The van der Waals surface area contributed by atoms with Crippen LogP contribution in [-0.4, -0.2) is 48.7 Å². The third-order valence-corrected chi connectivity index (χ3v) is 1.73. The molecule has 0 aromatic carbocycles. The Bertz CT molecular complexity index is 101. The first-order valence-electron chi connectivity index (χ1n) is 4.76. The first kappa shape index (κ1) is 12.8. The van der Waals surface area contributed by atoms with E-state index in [1.807, 2.05) is 14.1 Å². The van der Waals surface area contributed by atoms with Crippen molar-refractivity contribution < 1.29 is 15.1 Å². The van der Waals surface area contributed by atoms with Crippen LogP contribution in [0.3, 0.4) is 0 Å². The molecule has 80 valence electrons. The van der Waals surface area contributed by atoms with Gasteiger partial charge in [-0.15, -0.1) is 0 Å². The van der Waals surface area contributed by atoms with Gasteiger partial charge in [0.25, 0.3) is 0 Å². The summed E-state index contributed by atoms with van der Waals surface area (Å²) in [5.74, 6) is 0. The third kappa shape index (κ3) is 8.18. The van der Waals surface area contributed by atoms with Gasteiger partial charge in [0.05, 0.1) is 6.10 Å². The molecule has 0 spiro atoms. The van der Waals surface area contributed by atoms with E-state index in [0.29, 0.717) is 0 Å². The van der Waals surface area contributed by atoms with Crippen molar-refractivity contribution in [3.05, 3.63) is 0 Å². The predicted octanol–water partition coefficient (Wildman–Crippen LogP) is 0.393. The van der Waals surface area contributed by atoms with Crippen molar-refractivity contribution in [2.75, 3.05) is 27.3 Å². The lowest BCUT2D eigenvalue weighted by atomic mass is 10.1. The molecule has 0 atom stereocenters. The molecule has 4 heteroatoms. The Morgan fingerprint density at radius 3 is 1.85 bits per heavy atom. The van der Waals surface area contributed by atoms with Crippen LogP contribution < -0.4 is 0 Å². The topological polar surface area (TPSA) is 52.9 Å². The number of aliphatic hydroxyl groups excluding tert-OH is 2. The van der Waals surface area contributed by atoms with Crippen molar-refractivity contribution in [1.29, 1.82) is 0 Å². The number of nitrogens with zero attached hydrogens (tertiary/aromatic N) is 1. The summed E-state index contributed by atoms with van der Waals surface area (Å²) in [6, 6.07) is 0. The zero-order chi connectivity index (χ0) is 10.1. The summed E-state index contributed by atoms with van der Waals surface area (Å²) in [4.78, 5) is 5.47. The molecule has 2 N–H and O–H groups in total. The second kappa shape index (κ2) is 8.44. The lowest BCUT2D eigenvalue weighted by Crippen LogP contribution is -2.23. The van der Waals surface area contributed by atoms with Gasteiger partial charge < -0.3 is 10.2 Å². The van der Waals surface area contributed by atoms with Gasteiger partial charge in [-0.25, -0.2) is 0 Å². The van der Waals surface area contributed by atoms with Crippen LogP contribution >= 0.6 is 0 Å². The quantitative estimate of drug-likeness (QED) is 0.545. The molecule has 0 aliphatic carbocycles. The molecule has 0 radical (unpaired) electrons.